The van der Waals surface area contributed by atoms with Gasteiger partial charge in [0.25, 0.3) is 5.91 Å². The average Bonchev–Trinajstić information content (AvgIpc) is 3.14. The standard InChI is InChI=1S/C19H24N4O3S.ClH/c20-27(25,26)18-3-1-14(2-4-18)6-8-23-19(24)17-10-16(12-22-13-17)9-15-5-7-21-11-15;/h1-4,10,12-13,15,21H,5-9,11H2,(H,23,24)(H2,20,25,26);1H. The fourth-order valence-electron chi connectivity index (χ4n) is 3.21. The van der Waals surface area contributed by atoms with Crippen LogP contribution in [-0.4, -0.2) is 38.9 Å². The van der Waals surface area contributed by atoms with Gasteiger partial charge in [-0.25, -0.2) is 13.6 Å². The third-order valence-corrected chi connectivity index (χ3v) is 5.62. The molecule has 0 saturated carbocycles. The summed E-state index contributed by atoms with van der Waals surface area (Å²) in [6.07, 6.45) is 6.07. The lowest BCUT2D eigenvalue weighted by molar-refractivity contribution is 0.0953. The number of hydrogen-bond acceptors (Lipinski definition) is 5. The number of carbonyl (C=O) groups is 1. The number of pyridine rings is 1. The van der Waals surface area contributed by atoms with Crippen LogP contribution in [0.1, 0.15) is 27.9 Å². The van der Waals surface area contributed by atoms with Crippen molar-refractivity contribution in [2.75, 3.05) is 19.6 Å². The van der Waals surface area contributed by atoms with Crippen molar-refractivity contribution in [3.63, 3.8) is 0 Å². The number of aromatic nitrogens is 1. The van der Waals surface area contributed by atoms with Gasteiger partial charge < -0.3 is 10.6 Å². The minimum atomic E-state index is -3.68. The summed E-state index contributed by atoms with van der Waals surface area (Å²) in [6.45, 7) is 2.52. The second-order valence-corrected chi connectivity index (χ2v) is 8.40. The molecule has 1 aromatic carbocycles. The van der Waals surface area contributed by atoms with Crippen LogP contribution in [0.25, 0.3) is 0 Å². The van der Waals surface area contributed by atoms with Gasteiger partial charge in [-0.1, -0.05) is 12.1 Å². The van der Waals surface area contributed by atoms with Crippen molar-refractivity contribution in [2.45, 2.75) is 24.2 Å². The predicted molar refractivity (Wildman–Crippen MR) is 110 cm³/mol. The Labute approximate surface area is 171 Å². The van der Waals surface area contributed by atoms with Gasteiger partial charge in [-0.15, -0.1) is 12.4 Å². The van der Waals surface area contributed by atoms with Crippen LogP contribution in [0.4, 0.5) is 0 Å². The summed E-state index contributed by atoms with van der Waals surface area (Å²) in [6, 6.07) is 8.24. The van der Waals surface area contributed by atoms with Crippen molar-refractivity contribution in [1.29, 1.82) is 0 Å². The Balaban J connectivity index is 0.00000280. The Hall–Kier alpha value is -2.00. The zero-order valence-electron chi connectivity index (χ0n) is 15.4. The molecule has 3 rings (SSSR count). The summed E-state index contributed by atoms with van der Waals surface area (Å²) < 4.78 is 22.5. The number of benzene rings is 1. The smallest absolute Gasteiger partial charge is 0.252 e. The van der Waals surface area contributed by atoms with Gasteiger partial charge in [0.15, 0.2) is 0 Å². The van der Waals surface area contributed by atoms with Gasteiger partial charge in [-0.2, -0.15) is 0 Å². The zero-order chi connectivity index (χ0) is 19.3. The Kier molecular flexibility index (Phi) is 7.94. The van der Waals surface area contributed by atoms with Crippen molar-refractivity contribution >= 4 is 28.3 Å². The highest BCUT2D eigenvalue weighted by Gasteiger charge is 2.16. The van der Waals surface area contributed by atoms with E-state index in [1.54, 1.807) is 18.3 Å². The Morgan fingerprint density at radius 2 is 1.96 bits per heavy atom. The molecular weight excluding hydrogens is 400 g/mol. The Morgan fingerprint density at radius 3 is 2.61 bits per heavy atom. The first-order valence-corrected chi connectivity index (χ1v) is 10.5. The molecule has 1 aliphatic rings. The van der Waals surface area contributed by atoms with Gasteiger partial charge in [0.1, 0.15) is 0 Å². The Bertz CT molecular complexity index is 898. The molecule has 0 spiro atoms. The first-order chi connectivity index (χ1) is 12.9. The number of carbonyl (C=O) groups excluding carboxylic acids is 1. The molecule has 2 heterocycles. The van der Waals surface area contributed by atoms with Gasteiger partial charge in [-0.3, -0.25) is 9.78 Å². The number of sulfonamides is 1. The van der Waals surface area contributed by atoms with Crippen LogP contribution in [0.3, 0.4) is 0 Å². The number of nitrogens with zero attached hydrogens (tertiary/aromatic N) is 1. The van der Waals surface area contributed by atoms with Crippen LogP contribution in [0.2, 0.25) is 0 Å². The zero-order valence-corrected chi connectivity index (χ0v) is 17.1. The number of rotatable bonds is 7. The number of primary sulfonamides is 1. The third-order valence-electron chi connectivity index (χ3n) is 4.69. The molecule has 1 fully saturated rings. The molecule has 1 amide bonds. The largest absolute Gasteiger partial charge is 0.352 e. The molecule has 1 atom stereocenters. The molecule has 2 aromatic rings. The molecule has 1 aliphatic heterocycles. The lowest BCUT2D eigenvalue weighted by atomic mass is 9.99. The van der Waals surface area contributed by atoms with Crippen molar-refractivity contribution < 1.29 is 13.2 Å². The summed E-state index contributed by atoms with van der Waals surface area (Å²) in [7, 11) is -3.68. The summed E-state index contributed by atoms with van der Waals surface area (Å²) in [5, 5.41) is 11.3. The van der Waals surface area contributed by atoms with Gasteiger partial charge in [0.05, 0.1) is 10.5 Å². The van der Waals surface area contributed by atoms with Gasteiger partial charge >= 0.3 is 0 Å². The molecule has 152 valence electrons. The van der Waals surface area contributed by atoms with Crippen LogP contribution in [0.5, 0.6) is 0 Å². The molecular formula is C19H25ClN4O3S. The molecule has 28 heavy (non-hydrogen) atoms. The maximum absolute atomic E-state index is 12.4. The molecule has 1 unspecified atom stereocenters. The summed E-state index contributed by atoms with van der Waals surface area (Å²) in [5.41, 5.74) is 2.56. The SMILES string of the molecule is Cl.NS(=O)(=O)c1ccc(CCNC(=O)c2cncc(CC3CCNC3)c2)cc1. The quantitative estimate of drug-likeness (QED) is 0.619. The van der Waals surface area contributed by atoms with Crippen LogP contribution in [0, 0.1) is 5.92 Å². The number of nitrogens with two attached hydrogens (primary N) is 1. The van der Waals surface area contributed by atoms with Gasteiger partial charge in [-0.05, 0) is 67.6 Å². The van der Waals surface area contributed by atoms with E-state index < -0.39 is 10.0 Å². The van der Waals surface area contributed by atoms with E-state index in [-0.39, 0.29) is 23.2 Å². The summed E-state index contributed by atoms with van der Waals surface area (Å²) in [5.74, 6) is 0.445. The molecule has 0 bridgehead atoms. The second-order valence-electron chi connectivity index (χ2n) is 6.84. The first kappa shape index (κ1) is 22.3. The fourth-order valence-corrected chi connectivity index (χ4v) is 3.73. The Morgan fingerprint density at radius 1 is 1.21 bits per heavy atom. The lowest BCUT2D eigenvalue weighted by Crippen LogP contribution is -2.26. The number of hydrogen-bond donors (Lipinski definition) is 3. The van der Waals surface area contributed by atoms with E-state index in [4.69, 9.17) is 5.14 Å². The first-order valence-electron chi connectivity index (χ1n) is 8.96. The van der Waals surface area contributed by atoms with E-state index in [9.17, 15) is 13.2 Å². The molecule has 4 N–H and O–H groups in total. The number of nitrogens with one attached hydrogen (secondary N) is 2. The van der Waals surface area contributed by atoms with Gasteiger partial charge in [0, 0.05) is 18.9 Å². The van der Waals surface area contributed by atoms with Crippen LogP contribution in [0.15, 0.2) is 47.6 Å². The van der Waals surface area contributed by atoms with Crippen LogP contribution in [-0.2, 0) is 22.9 Å². The van der Waals surface area contributed by atoms with Gasteiger partial charge in [0.2, 0.25) is 10.0 Å². The maximum Gasteiger partial charge on any atom is 0.252 e. The normalized spacial score (nSPS) is 16.4. The van der Waals surface area contributed by atoms with E-state index in [1.807, 2.05) is 12.3 Å². The highest BCUT2D eigenvalue weighted by atomic mass is 35.5. The molecule has 0 radical (unpaired) electrons. The van der Waals surface area contributed by atoms with Crippen LogP contribution < -0.4 is 15.8 Å². The number of halogens is 1. The molecule has 1 saturated heterocycles. The predicted octanol–water partition coefficient (Wildman–Crippen LogP) is 1.28. The van der Waals surface area contributed by atoms with E-state index in [0.717, 1.165) is 37.1 Å². The minimum Gasteiger partial charge on any atom is -0.352 e. The van der Waals surface area contributed by atoms with E-state index in [1.165, 1.54) is 12.1 Å². The number of amides is 1. The van der Waals surface area contributed by atoms with Crippen molar-refractivity contribution in [3.05, 3.63) is 59.4 Å². The third kappa shape index (κ3) is 6.27. The van der Waals surface area contributed by atoms with Crippen molar-refractivity contribution in [1.82, 2.24) is 15.6 Å². The molecule has 0 aliphatic carbocycles. The fraction of sp³-hybridized carbons (Fsp3) is 0.368. The highest BCUT2D eigenvalue weighted by Crippen LogP contribution is 2.15. The lowest BCUT2D eigenvalue weighted by Gasteiger charge is -2.10. The van der Waals surface area contributed by atoms with Crippen LogP contribution >= 0.6 is 12.4 Å². The molecule has 1 aromatic heterocycles. The maximum atomic E-state index is 12.4. The second kappa shape index (κ2) is 9.97. The average molecular weight is 425 g/mol. The van der Waals surface area contributed by atoms with Crippen molar-refractivity contribution in [3.8, 4) is 0 Å². The minimum absolute atomic E-state index is 0. The van der Waals surface area contributed by atoms with Crippen molar-refractivity contribution in [2.24, 2.45) is 11.1 Å². The molecule has 9 heteroatoms. The topological polar surface area (TPSA) is 114 Å². The van der Waals surface area contributed by atoms with E-state index in [0.29, 0.717) is 24.4 Å². The molecule has 7 nitrogen and oxygen atoms in total. The monoisotopic (exact) mass is 424 g/mol. The van der Waals surface area contributed by atoms with E-state index >= 15 is 0 Å². The summed E-state index contributed by atoms with van der Waals surface area (Å²) >= 11 is 0. The van der Waals surface area contributed by atoms with E-state index in [2.05, 4.69) is 15.6 Å². The summed E-state index contributed by atoms with van der Waals surface area (Å²) in [4.78, 5) is 16.6. The highest BCUT2D eigenvalue weighted by molar-refractivity contribution is 7.89.